The molecule has 2 rings (SSSR count). The highest BCUT2D eigenvalue weighted by Gasteiger charge is 2.31. The molecule has 1 aliphatic rings. The van der Waals surface area contributed by atoms with Crippen molar-refractivity contribution in [3.05, 3.63) is 23.0 Å². The van der Waals surface area contributed by atoms with Gasteiger partial charge in [-0.25, -0.2) is 0 Å². The number of aromatic nitrogens is 1. The van der Waals surface area contributed by atoms with E-state index < -0.39 is 5.60 Å². The fraction of sp³-hybridized carbons (Fsp3) is 0.667. The van der Waals surface area contributed by atoms with E-state index in [0.717, 1.165) is 42.4 Å². The van der Waals surface area contributed by atoms with Gasteiger partial charge in [-0.05, 0) is 18.9 Å². The summed E-state index contributed by atoms with van der Waals surface area (Å²) < 4.78 is 2.01. The van der Waals surface area contributed by atoms with Gasteiger partial charge in [0.1, 0.15) is 0 Å². The molecule has 1 saturated carbocycles. The minimum Gasteiger partial charge on any atom is -0.388 e. The van der Waals surface area contributed by atoms with E-state index in [2.05, 4.69) is 10.3 Å². The summed E-state index contributed by atoms with van der Waals surface area (Å²) in [6.45, 7) is 1.26. The Bertz CT molecular complexity index is 512. The Labute approximate surface area is 154 Å². The van der Waals surface area contributed by atoms with Crippen LogP contribution < -0.4 is 5.32 Å². The number of hydrogen-bond donors (Lipinski definition) is 2. The number of aliphatic imine (C=N–C) groups is 1. The van der Waals surface area contributed by atoms with Gasteiger partial charge in [0.25, 0.3) is 0 Å². The van der Waals surface area contributed by atoms with E-state index in [0.29, 0.717) is 13.1 Å². The predicted octanol–water partition coefficient (Wildman–Crippen LogP) is 2.61. The van der Waals surface area contributed by atoms with Crippen LogP contribution in [0.4, 0.5) is 0 Å². The van der Waals surface area contributed by atoms with Crippen LogP contribution in [0.15, 0.2) is 17.3 Å². The zero-order chi connectivity index (χ0) is 15.5. The molecule has 126 valence electrons. The summed E-state index contributed by atoms with van der Waals surface area (Å²) in [4.78, 5) is 6.32. The molecule has 0 radical (unpaired) electrons. The first-order valence-corrected chi connectivity index (χ1v) is 7.76. The molecule has 7 heteroatoms. The summed E-state index contributed by atoms with van der Waals surface area (Å²) >= 11 is 6.01. The molecule has 1 aromatic heterocycles. The molecule has 0 amide bonds. The fourth-order valence-corrected chi connectivity index (χ4v) is 3.15. The topological polar surface area (TPSA) is 52.8 Å². The number of aliphatic hydroxyl groups is 1. The summed E-state index contributed by atoms with van der Waals surface area (Å²) in [5, 5.41) is 14.4. The summed E-state index contributed by atoms with van der Waals surface area (Å²) in [6.07, 6.45) is 5.84. The van der Waals surface area contributed by atoms with Gasteiger partial charge in [0, 0.05) is 39.6 Å². The largest absolute Gasteiger partial charge is 0.388 e. The van der Waals surface area contributed by atoms with E-state index in [-0.39, 0.29) is 24.0 Å². The Morgan fingerprint density at radius 2 is 2.14 bits per heavy atom. The van der Waals surface area contributed by atoms with Crippen molar-refractivity contribution in [3.8, 4) is 0 Å². The van der Waals surface area contributed by atoms with Crippen molar-refractivity contribution >= 4 is 41.5 Å². The summed E-state index contributed by atoms with van der Waals surface area (Å²) in [5.74, 6) is 0.785. The third-order valence-electron chi connectivity index (χ3n) is 4.16. The van der Waals surface area contributed by atoms with Crippen LogP contribution in [0.2, 0.25) is 5.02 Å². The van der Waals surface area contributed by atoms with Crippen molar-refractivity contribution < 1.29 is 5.11 Å². The molecule has 2 N–H and O–H groups in total. The SMILES string of the molecule is CN=C(NCC1(O)CCCC1)N(C)Cc1cc(Cl)cn1C.I. The number of hydrogen-bond acceptors (Lipinski definition) is 2. The molecular weight excluding hydrogens is 415 g/mol. The summed E-state index contributed by atoms with van der Waals surface area (Å²) in [7, 11) is 5.72. The van der Waals surface area contributed by atoms with Gasteiger partial charge in [-0.3, -0.25) is 4.99 Å². The van der Waals surface area contributed by atoms with Crippen molar-refractivity contribution in [2.75, 3.05) is 20.6 Å². The number of aryl methyl sites for hydroxylation is 1. The highest BCUT2D eigenvalue weighted by atomic mass is 127. The minimum absolute atomic E-state index is 0. The van der Waals surface area contributed by atoms with Crippen molar-refractivity contribution in [3.63, 3.8) is 0 Å². The fourth-order valence-electron chi connectivity index (χ4n) is 2.88. The van der Waals surface area contributed by atoms with Crippen LogP contribution in [0.25, 0.3) is 0 Å². The van der Waals surface area contributed by atoms with Crippen molar-refractivity contribution in [1.82, 2.24) is 14.8 Å². The normalized spacial score (nSPS) is 17.2. The van der Waals surface area contributed by atoms with Gasteiger partial charge in [0.05, 0.1) is 17.2 Å². The monoisotopic (exact) mass is 440 g/mol. The van der Waals surface area contributed by atoms with E-state index in [1.165, 1.54) is 0 Å². The van der Waals surface area contributed by atoms with Gasteiger partial charge in [-0.15, -0.1) is 24.0 Å². The number of guanidine groups is 1. The van der Waals surface area contributed by atoms with Crippen molar-refractivity contribution in [2.24, 2.45) is 12.0 Å². The zero-order valence-electron chi connectivity index (χ0n) is 13.5. The Kier molecular flexibility index (Phi) is 7.48. The molecule has 22 heavy (non-hydrogen) atoms. The molecule has 0 spiro atoms. The molecule has 1 fully saturated rings. The molecule has 1 heterocycles. The molecular formula is C15H26ClIN4O. The molecule has 0 saturated heterocycles. The lowest BCUT2D eigenvalue weighted by Gasteiger charge is -2.27. The Hall–Kier alpha value is -0.470. The van der Waals surface area contributed by atoms with Crippen molar-refractivity contribution in [2.45, 2.75) is 37.8 Å². The number of halogens is 2. The van der Waals surface area contributed by atoms with Gasteiger partial charge >= 0.3 is 0 Å². The lowest BCUT2D eigenvalue weighted by Crippen LogP contribution is -2.46. The zero-order valence-corrected chi connectivity index (χ0v) is 16.6. The lowest BCUT2D eigenvalue weighted by atomic mass is 10.0. The van der Waals surface area contributed by atoms with Crippen LogP contribution in [-0.4, -0.2) is 46.8 Å². The Balaban J connectivity index is 0.00000242. The number of rotatable bonds is 4. The molecule has 0 aliphatic heterocycles. The van der Waals surface area contributed by atoms with Crippen molar-refractivity contribution in [1.29, 1.82) is 0 Å². The van der Waals surface area contributed by atoms with Gasteiger partial charge < -0.3 is 19.9 Å². The molecule has 0 bridgehead atoms. The Morgan fingerprint density at radius 3 is 2.64 bits per heavy atom. The van der Waals surface area contributed by atoms with E-state index in [1.807, 2.05) is 35.8 Å². The minimum atomic E-state index is -0.578. The first-order valence-electron chi connectivity index (χ1n) is 7.38. The molecule has 0 atom stereocenters. The second-order valence-electron chi connectivity index (χ2n) is 5.95. The van der Waals surface area contributed by atoms with E-state index in [1.54, 1.807) is 7.05 Å². The molecule has 1 aromatic rings. The van der Waals surface area contributed by atoms with Crippen LogP contribution in [-0.2, 0) is 13.6 Å². The molecule has 1 aliphatic carbocycles. The highest BCUT2D eigenvalue weighted by Crippen LogP contribution is 2.28. The molecule has 0 unspecified atom stereocenters. The smallest absolute Gasteiger partial charge is 0.193 e. The third kappa shape index (κ3) is 5.03. The number of nitrogens with zero attached hydrogens (tertiary/aromatic N) is 3. The van der Waals surface area contributed by atoms with Gasteiger partial charge in [-0.2, -0.15) is 0 Å². The van der Waals surface area contributed by atoms with Crippen LogP contribution in [0.3, 0.4) is 0 Å². The van der Waals surface area contributed by atoms with Gasteiger partial charge in [0.15, 0.2) is 5.96 Å². The van der Waals surface area contributed by atoms with E-state index >= 15 is 0 Å². The second-order valence-corrected chi connectivity index (χ2v) is 6.39. The first kappa shape index (κ1) is 19.6. The quantitative estimate of drug-likeness (QED) is 0.430. The average Bonchev–Trinajstić information content (AvgIpc) is 2.97. The summed E-state index contributed by atoms with van der Waals surface area (Å²) in [6, 6.07) is 1.95. The molecule has 5 nitrogen and oxygen atoms in total. The van der Waals surface area contributed by atoms with E-state index in [9.17, 15) is 5.11 Å². The van der Waals surface area contributed by atoms with Crippen LogP contribution in [0.5, 0.6) is 0 Å². The standard InChI is InChI=1S/C15H25ClN4O.HI/c1-17-14(18-11-15(21)6-4-5-7-15)20(3)10-13-8-12(16)9-19(13)2;/h8-9,21H,4-7,10-11H2,1-3H3,(H,17,18);1H. The number of nitrogens with one attached hydrogen (secondary N) is 1. The van der Waals surface area contributed by atoms with Gasteiger partial charge in [-0.1, -0.05) is 24.4 Å². The van der Waals surface area contributed by atoms with Crippen LogP contribution in [0, 0.1) is 0 Å². The third-order valence-corrected chi connectivity index (χ3v) is 4.36. The second kappa shape index (κ2) is 8.40. The maximum Gasteiger partial charge on any atom is 0.193 e. The van der Waals surface area contributed by atoms with Crippen LogP contribution in [0.1, 0.15) is 31.4 Å². The van der Waals surface area contributed by atoms with Crippen LogP contribution >= 0.6 is 35.6 Å². The Morgan fingerprint density at radius 1 is 1.50 bits per heavy atom. The lowest BCUT2D eigenvalue weighted by molar-refractivity contribution is 0.0516. The van der Waals surface area contributed by atoms with Gasteiger partial charge in [0.2, 0.25) is 0 Å². The molecule has 0 aromatic carbocycles. The maximum absolute atomic E-state index is 10.4. The summed E-state index contributed by atoms with van der Waals surface area (Å²) in [5.41, 5.74) is 0.537. The first-order chi connectivity index (χ1) is 9.93. The predicted molar refractivity (Wildman–Crippen MR) is 102 cm³/mol. The maximum atomic E-state index is 10.4. The highest BCUT2D eigenvalue weighted by molar-refractivity contribution is 14.0. The average molecular weight is 441 g/mol. The van der Waals surface area contributed by atoms with E-state index in [4.69, 9.17) is 11.6 Å².